The van der Waals surface area contributed by atoms with Gasteiger partial charge in [0.25, 0.3) is 0 Å². The van der Waals surface area contributed by atoms with Gasteiger partial charge in [0.15, 0.2) is 0 Å². The summed E-state index contributed by atoms with van der Waals surface area (Å²) in [6.07, 6.45) is 0. The molecule has 0 N–H and O–H groups in total. The number of fused-ring (bicyclic) bond motifs is 1. The molecule has 0 spiro atoms. The fourth-order valence-corrected chi connectivity index (χ4v) is 1.04. The van der Waals surface area contributed by atoms with Crippen molar-refractivity contribution in [3.05, 3.63) is 36.1 Å². The minimum Gasteiger partial charge on any atom is -0.461 e. The molecule has 1 radical (unpaired) electrons. The predicted molar refractivity (Wildman–Crippen MR) is 39.8 cm³/mol. The summed E-state index contributed by atoms with van der Waals surface area (Å²) in [6, 6.07) is 10.8. The van der Waals surface area contributed by atoms with Crippen LogP contribution in [0.25, 0.3) is 11.0 Å². The van der Waals surface area contributed by atoms with Crippen LogP contribution in [0, 0.1) is 13.0 Å². The van der Waals surface area contributed by atoms with E-state index in [0.29, 0.717) is 0 Å². The first kappa shape index (κ1) is 5.54. The van der Waals surface area contributed by atoms with E-state index in [1.165, 1.54) is 0 Å². The Hall–Kier alpha value is -1.24. The largest absolute Gasteiger partial charge is 0.461 e. The Kier molecular flexibility index (Phi) is 1.04. The number of hydrogen-bond donors (Lipinski definition) is 0. The predicted octanol–water partition coefficient (Wildman–Crippen LogP) is 2.54. The van der Waals surface area contributed by atoms with E-state index < -0.39 is 0 Å². The van der Waals surface area contributed by atoms with Crippen molar-refractivity contribution in [2.24, 2.45) is 0 Å². The van der Waals surface area contributed by atoms with E-state index in [-0.39, 0.29) is 0 Å². The molecule has 1 heterocycles. The Morgan fingerprint density at radius 2 is 2.40 bits per heavy atom. The molecular weight excluding hydrogens is 124 g/mol. The second kappa shape index (κ2) is 1.87. The first-order valence-corrected chi connectivity index (χ1v) is 3.23. The van der Waals surface area contributed by atoms with Crippen LogP contribution in [0.1, 0.15) is 5.76 Å². The van der Waals surface area contributed by atoms with Crippen LogP contribution in [0.15, 0.2) is 28.7 Å². The Morgan fingerprint density at radius 1 is 1.50 bits per heavy atom. The highest BCUT2D eigenvalue weighted by Gasteiger charge is 1.95. The standard InChI is InChI=1S/C9H7O/c1-7-6-8-4-2-3-5-9(8)10-7/h2-3,5-6H,1H3. The van der Waals surface area contributed by atoms with Crippen molar-refractivity contribution in [3.63, 3.8) is 0 Å². The molecule has 0 aliphatic rings. The molecule has 0 aliphatic heterocycles. The minimum absolute atomic E-state index is 0.917. The molecular formula is C9H7O. The van der Waals surface area contributed by atoms with Crippen LogP contribution in [-0.2, 0) is 0 Å². The van der Waals surface area contributed by atoms with E-state index >= 15 is 0 Å². The lowest BCUT2D eigenvalue weighted by atomic mass is 10.2. The Labute approximate surface area is 59.3 Å². The SMILES string of the molecule is Cc1cc2[c]cccc2o1. The van der Waals surface area contributed by atoms with Gasteiger partial charge >= 0.3 is 0 Å². The van der Waals surface area contributed by atoms with Crippen LogP contribution in [0.5, 0.6) is 0 Å². The van der Waals surface area contributed by atoms with E-state index in [1.807, 2.05) is 31.2 Å². The van der Waals surface area contributed by atoms with Crippen LogP contribution in [0.4, 0.5) is 0 Å². The van der Waals surface area contributed by atoms with Gasteiger partial charge in [-0.25, -0.2) is 0 Å². The minimum atomic E-state index is 0.917. The molecule has 0 aliphatic carbocycles. The van der Waals surface area contributed by atoms with E-state index in [9.17, 15) is 0 Å². The smallest absolute Gasteiger partial charge is 0.134 e. The number of aryl methyl sites for hydroxylation is 1. The van der Waals surface area contributed by atoms with Crippen molar-refractivity contribution < 1.29 is 4.42 Å². The maximum absolute atomic E-state index is 5.34. The molecule has 0 fully saturated rings. The number of hydrogen-bond acceptors (Lipinski definition) is 1. The van der Waals surface area contributed by atoms with Crippen molar-refractivity contribution in [2.45, 2.75) is 6.92 Å². The van der Waals surface area contributed by atoms with Crippen molar-refractivity contribution in [2.75, 3.05) is 0 Å². The molecule has 2 aromatic rings. The summed E-state index contributed by atoms with van der Waals surface area (Å²) in [6.45, 7) is 1.94. The van der Waals surface area contributed by atoms with E-state index in [0.717, 1.165) is 16.7 Å². The summed E-state index contributed by atoms with van der Waals surface area (Å²) in [5, 5.41) is 1.06. The lowest BCUT2D eigenvalue weighted by molar-refractivity contribution is 0.578. The average Bonchev–Trinajstić information content (AvgIpc) is 2.27. The summed E-state index contributed by atoms with van der Waals surface area (Å²) in [4.78, 5) is 0. The molecule has 0 amide bonds. The van der Waals surface area contributed by atoms with Crippen molar-refractivity contribution in [3.8, 4) is 0 Å². The molecule has 49 valence electrons. The van der Waals surface area contributed by atoms with Gasteiger partial charge in [-0.2, -0.15) is 0 Å². The zero-order valence-corrected chi connectivity index (χ0v) is 5.72. The summed E-state index contributed by atoms with van der Waals surface area (Å²) < 4.78 is 5.34. The van der Waals surface area contributed by atoms with Crippen LogP contribution in [0.2, 0.25) is 0 Å². The van der Waals surface area contributed by atoms with Crippen LogP contribution < -0.4 is 0 Å². The molecule has 0 unspecified atom stereocenters. The molecule has 0 saturated carbocycles. The van der Waals surface area contributed by atoms with Gasteiger partial charge in [0, 0.05) is 5.39 Å². The molecule has 0 atom stereocenters. The summed E-state index contributed by atoms with van der Waals surface area (Å²) >= 11 is 0. The molecule has 1 nitrogen and oxygen atoms in total. The fraction of sp³-hybridized carbons (Fsp3) is 0.111. The molecule has 2 rings (SSSR count). The molecule has 1 aromatic carbocycles. The number of furan rings is 1. The van der Waals surface area contributed by atoms with E-state index in [1.54, 1.807) is 0 Å². The van der Waals surface area contributed by atoms with E-state index in [2.05, 4.69) is 6.07 Å². The molecule has 1 heteroatoms. The Bertz CT molecular complexity index is 313. The second-order valence-electron chi connectivity index (χ2n) is 2.31. The quantitative estimate of drug-likeness (QED) is 0.535. The lowest BCUT2D eigenvalue weighted by Gasteiger charge is -1.81. The van der Waals surface area contributed by atoms with Crippen molar-refractivity contribution in [1.82, 2.24) is 0 Å². The van der Waals surface area contributed by atoms with Gasteiger partial charge in [0.2, 0.25) is 0 Å². The molecule has 1 aromatic heterocycles. The van der Waals surface area contributed by atoms with Crippen molar-refractivity contribution >= 4 is 11.0 Å². The van der Waals surface area contributed by atoms with Crippen molar-refractivity contribution in [1.29, 1.82) is 0 Å². The Balaban J connectivity index is 2.88. The van der Waals surface area contributed by atoms with E-state index in [4.69, 9.17) is 4.42 Å². The molecule has 0 saturated heterocycles. The van der Waals surface area contributed by atoms with Crippen LogP contribution in [0.3, 0.4) is 0 Å². The maximum atomic E-state index is 5.34. The van der Waals surface area contributed by atoms with Crippen LogP contribution in [-0.4, -0.2) is 0 Å². The van der Waals surface area contributed by atoms with Gasteiger partial charge in [-0.15, -0.1) is 0 Å². The summed E-state index contributed by atoms with van der Waals surface area (Å²) in [5.41, 5.74) is 0.917. The fourth-order valence-electron chi connectivity index (χ4n) is 1.04. The maximum Gasteiger partial charge on any atom is 0.134 e. The average molecular weight is 131 g/mol. The monoisotopic (exact) mass is 131 g/mol. The Morgan fingerprint density at radius 3 is 3.20 bits per heavy atom. The second-order valence-corrected chi connectivity index (χ2v) is 2.31. The van der Waals surface area contributed by atoms with Gasteiger partial charge in [-0.05, 0) is 25.1 Å². The third-order valence-corrected chi connectivity index (χ3v) is 1.47. The third-order valence-electron chi connectivity index (χ3n) is 1.47. The zero-order valence-electron chi connectivity index (χ0n) is 5.72. The summed E-state index contributed by atoms with van der Waals surface area (Å²) in [7, 11) is 0. The lowest BCUT2D eigenvalue weighted by Crippen LogP contribution is -1.58. The van der Waals surface area contributed by atoms with Gasteiger partial charge in [-0.1, -0.05) is 12.1 Å². The topological polar surface area (TPSA) is 13.1 Å². The highest BCUT2D eigenvalue weighted by molar-refractivity contribution is 5.76. The first-order chi connectivity index (χ1) is 4.86. The van der Waals surface area contributed by atoms with Gasteiger partial charge < -0.3 is 4.42 Å². The number of rotatable bonds is 0. The summed E-state index contributed by atoms with van der Waals surface area (Å²) in [5.74, 6) is 0.942. The highest BCUT2D eigenvalue weighted by Crippen LogP contribution is 2.16. The van der Waals surface area contributed by atoms with Gasteiger partial charge in [0.1, 0.15) is 11.3 Å². The molecule has 0 bridgehead atoms. The molecule has 10 heavy (non-hydrogen) atoms. The number of benzene rings is 1. The van der Waals surface area contributed by atoms with Gasteiger partial charge in [0.05, 0.1) is 0 Å². The first-order valence-electron chi connectivity index (χ1n) is 3.23. The zero-order chi connectivity index (χ0) is 6.97. The normalized spacial score (nSPS) is 10.5. The highest BCUT2D eigenvalue weighted by atomic mass is 16.3. The van der Waals surface area contributed by atoms with Gasteiger partial charge in [-0.3, -0.25) is 0 Å². The van der Waals surface area contributed by atoms with Crippen LogP contribution >= 0.6 is 0 Å². The third kappa shape index (κ3) is 0.711.